The van der Waals surface area contributed by atoms with Gasteiger partial charge >= 0.3 is 6.18 Å². The minimum Gasteiger partial charge on any atom is -0.370 e. The number of nitrogens with one attached hydrogen (secondary N) is 1. The highest BCUT2D eigenvalue weighted by Crippen LogP contribution is 2.34. The quantitative estimate of drug-likeness (QED) is 0.603. The van der Waals surface area contributed by atoms with Crippen molar-refractivity contribution in [1.29, 1.82) is 5.26 Å². The van der Waals surface area contributed by atoms with Crippen LogP contribution in [0, 0.1) is 24.2 Å². The number of benzene rings is 2. The maximum absolute atomic E-state index is 12.9. The molecule has 0 bridgehead atoms. The number of carbonyl (C=O) groups excluding carboxylic acids is 1. The topological polar surface area (TPSA) is 69.0 Å². The zero-order chi connectivity index (χ0) is 22.9. The summed E-state index contributed by atoms with van der Waals surface area (Å²) >= 11 is 0. The number of nitrogens with zero attached hydrogens (tertiary/aromatic N) is 3. The fourth-order valence-corrected chi connectivity index (χ4v) is 4.10. The van der Waals surface area contributed by atoms with Gasteiger partial charge in [-0.25, -0.2) is 0 Å². The van der Waals surface area contributed by atoms with E-state index in [1.165, 1.54) is 12.1 Å². The van der Waals surface area contributed by atoms with Gasteiger partial charge in [-0.15, -0.1) is 0 Å². The van der Waals surface area contributed by atoms with Gasteiger partial charge < -0.3 is 10.2 Å². The Morgan fingerprint density at radius 3 is 2.62 bits per heavy atom. The monoisotopic (exact) mass is 438 g/mol. The SMILES string of the molecule is Cc1ccc2ncc(C#N)c(N3CCC(C(=O)Nc4cccc(C(F)(F)F)c4)CC3)c2c1. The summed E-state index contributed by atoms with van der Waals surface area (Å²) in [6, 6.07) is 12.8. The van der Waals surface area contributed by atoms with Crippen LogP contribution in [-0.2, 0) is 11.0 Å². The Balaban J connectivity index is 1.49. The number of fused-ring (bicyclic) bond motifs is 1. The van der Waals surface area contributed by atoms with Crippen molar-refractivity contribution in [3.63, 3.8) is 0 Å². The first-order chi connectivity index (χ1) is 15.3. The van der Waals surface area contributed by atoms with E-state index in [0.717, 1.165) is 34.3 Å². The lowest BCUT2D eigenvalue weighted by Gasteiger charge is -2.34. The molecule has 4 rings (SSSR count). The minimum atomic E-state index is -4.46. The van der Waals surface area contributed by atoms with Gasteiger partial charge in [0.15, 0.2) is 0 Å². The van der Waals surface area contributed by atoms with Crippen LogP contribution in [0.15, 0.2) is 48.7 Å². The summed E-state index contributed by atoms with van der Waals surface area (Å²) < 4.78 is 38.7. The number of amides is 1. The molecule has 1 amide bonds. The zero-order valence-electron chi connectivity index (χ0n) is 17.4. The standard InChI is InChI=1S/C24H21F3N4O/c1-15-5-6-21-20(11-15)22(17(13-28)14-29-21)31-9-7-16(8-10-31)23(32)30-19-4-2-3-18(12-19)24(25,26)27/h2-6,11-12,14,16H,7-10H2,1H3,(H,30,32). The molecular weight excluding hydrogens is 417 g/mol. The summed E-state index contributed by atoms with van der Waals surface area (Å²) in [6.07, 6.45) is -1.83. The molecule has 1 aliphatic heterocycles. The number of aromatic nitrogens is 1. The van der Waals surface area contributed by atoms with Crippen LogP contribution in [0.3, 0.4) is 0 Å². The molecule has 0 aliphatic carbocycles. The fourth-order valence-electron chi connectivity index (χ4n) is 4.10. The summed E-state index contributed by atoms with van der Waals surface area (Å²) in [5, 5.41) is 13.1. The molecule has 8 heteroatoms. The molecule has 0 spiro atoms. The number of hydrogen-bond acceptors (Lipinski definition) is 4. The van der Waals surface area contributed by atoms with Gasteiger partial charge in [-0.1, -0.05) is 17.7 Å². The Hall–Kier alpha value is -3.60. The molecule has 0 saturated carbocycles. The molecule has 1 fully saturated rings. The highest BCUT2D eigenvalue weighted by Gasteiger charge is 2.31. The molecular formula is C24H21F3N4O. The van der Waals surface area contributed by atoms with Crippen LogP contribution in [-0.4, -0.2) is 24.0 Å². The molecule has 1 saturated heterocycles. The Bertz CT molecular complexity index is 1210. The summed E-state index contributed by atoms with van der Waals surface area (Å²) in [4.78, 5) is 19.1. The number of carbonyl (C=O) groups is 1. The predicted octanol–water partition coefficient (Wildman–Crippen LogP) is 5.29. The molecule has 32 heavy (non-hydrogen) atoms. The number of rotatable bonds is 3. The summed E-state index contributed by atoms with van der Waals surface area (Å²) in [6.45, 7) is 3.09. The van der Waals surface area contributed by atoms with Crippen molar-refractivity contribution in [2.45, 2.75) is 25.9 Å². The molecule has 0 radical (unpaired) electrons. The Labute approximate surface area is 183 Å². The molecule has 0 unspecified atom stereocenters. The lowest BCUT2D eigenvalue weighted by atomic mass is 9.94. The lowest BCUT2D eigenvalue weighted by Crippen LogP contribution is -2.38. The summed E-state index contributed by atoms with van der Waals surface area (Å²) in [5.41, 5.74) is 2.50. The van der Waals surface area contributed by atoms with E-state index < -0.39 is 11.7 Å². The van der Waals surface area contributed by atoms with E-state index in [-0.39, 0.29) is 17.5 Å². The second kappa shape index (κ2) is 8.50. The van der Waals surface area contributed by atoms with E-state index in [0.29, 0.717) is 31.5 Å². The van der Waals surface area contributed by atoms with E-state index in [9.17, 15) is 23.2 Å². The van der Waals surface area contributed by atoms with Gasteiger partial charge in [0.2, 0.25) is 5.91 Å². The van der Waals surface area contributed by atoms with Crippen molar-refractivity contribution in [1.82, 2.24) is 4.98 Å². The number of aryl methyl sites for hydroxylation is 1. The molecule has 3 aromatic rings. The predicted molar refractivity (Wildman–Crippen MR) is 116 cm³/mol. The van der Waals surface area contributed by atoms with Crippen LogP contribution >= 0.6 is 0 Å². The lowest BCUT2D eigenvalue weighted by molar-refractivity contribution is -0.137. The third kappa shape index (κ3) is 4.37. The first kappa shape index (κ1) is 21.6. The molecule has 1 N–H and O–H groups in total. The Morgan fingerprint density at radius 2 is 1.94 bits per heavy atom. The number of alkyl halides is 3. The molecule has 2 aromatic carbocycles. The molecule has 164 valence electrons. The highest BCUT2D eigenvalue weighted by molar-refractivity contribution is 5.96. The van der Waals surface area contributed by atoms with Crippen molar-refractivity contribution in [3.8, 4) is 6.07 Å². The van der Waals surface area contributed by atoms with Crippen molar-refractivity contribution in [3.05, 3.63) is 65.4 Å². The number of piperidine rings is 1. The van der Waals surface area contributed by atoms with E-state index >= 15 is 0 Å². The number of halogens is 3. The van der Waals surface area contributed by atoms with E-state index in [4.69, 9.17) is 0 Å². The van der Waals surface area contributed by atoms with Gasteiger partial charge in [0.05, 0.1) is 22.3 Å². The minimum absolute atomic E-state index is 0.134. The first-order valence-corrected chi connectivity index (χ1v) is 10.3. The van der Waals surface area contributed by atoms with Gasteiger partial charge in [-0.05, 0) is 50.1 Å². The van der Waals surface area contributed by atoms with Crippen molar-refractivity contribution >= 4 is 28.2 Å². The maximum atomic E-state index is 12.9. The van der Waals surface area contributed by atoms with Gasteiger partial charge in [-0.3, -0.25) is 9.78 Å². The number of pyridine rings is 1. The normalized spacial score (nSPS) is 14.9. The number of anilines is 2. The Kier molecular flexibility index (Phi) is 5.74. The van der Waals surface area contributed by atoms with Crippen LogP contribution in [0.4, 0.5) is 24.5 Å². The van der Waals surface area contributed by atoms with E-state index in [2.05, 4.69) is 21.3 Å². The van der Waals surface area contributed by atoms with Crippen LogP contribution in [0.25, 0.3) is 10.9 Å². The van der Waals surface area contributed by atoms with E-state index in [1.54, 1.807) is 6.20 Å². The highest BCUT2D eigenvalue weighted by atomic mass is 19.4. The van der Waals surface area contributed by atoms with Gasteiger partial charge in [0.1, 0.15) is 6.07 Å². The second-order valence-corrected chi connectivity index (χ2v) is 7.98. The molecule has 1 aromatic heterocycles. The smallest absolute Gasteiger partial charge is 0.370 e. The van der Waals surface area contributed by atoms with Crippen LogP contribution in [0.2, 0.25) is 0 Å². The number of hydrogen-bond donors (Lipinski definition) is 1. The second-order valence-electron chi connectivity index (χ2n) is 7.98. The molecule has 5 nitrogen and oxygen atoms in total. The van der Waals surface area contributed by atoms with Crippen molar-refractivity contribution in [2.75, 3.05) is 23.3 Å². The Morgan fingerprint density at radius 1 is 1.19 bits per heavy atom. The van der Waals surface area contributed by atoms with Gasteiger partial charge in [0, 0.05) is 36.3 Å². The summed E-state index contributed by atoms with van der Waals surface area (Å²) in [7, 11) is 0. The summed E-state index contributed by atoms with van der Waals surface area (Å²) in [5.74, 6) is -0.610. The average Bonchev–Trinajstić information content (AvgIpc) is 2.78. The largest absolute Gasteiger partial charge is 0.416 e. The van der Waals surface area contributed by atoms with Crippen LogP contribution in [0.5, 0.6) is 0 Å². The van der Waals surface area contributed by atoms with Crippen LogP contribution < -0.4 is 10.2 Å². The fraction of sp³-hybridized carbons (Fsp3) is 0.292. The van der Waals surface area contributed by atoms with Crippen molar-refractivity contribution in [2.24, 2.45) is 5.92 Å². The molecule has 0 atom stereocenters. The third-order valence-corrected chi connectivity index (χ3v) is 5.75. The van der Waals surface area contributed by atoms with Crippen LogP contribution in [0.1, 0.15) is 29.5 Å². The van der Waals surface area contributed by atoms with Crippen molar-refractivity contribution < 1.29 is 18.0 Å². The molecule has 2 heterocycles. The zero-order valence-corrected chi connectivity index (χ0v) is 17.4. The maximum Gasteiger partial charge on any atom is 0.416 e. The van der Waals surface area contributed by atoms with Gasteiger partial charge in [0.25, 0.3) is 0 Å². The van der Waals surface area contributed by atoms with E-state index in [1.807, 2.05) is 25.1 Å². The number of nitriles is 1. The average molecular weight is 438 g/mol. The first-order valence-electron chi connectivity index (χ1n) is 10.3. The van der Waals surface area contributed by atoms with Gasteiger partial charge in [-0.2, -0.15) is 18.4 Å². The third-order valence-electron chi connectivity index (χ3n) is 5.75. The molecule has 1 aliphatic rings.